The van der Waals surface area contributed by atoms with E-state index < -0.39 is 0 Å². The molecule has 0 N–H and O–H groups in total. The molecule has 1 atom stereocenters. The predicted molar refractivity (Wildman–Crippen MR) is 75.6 cm³/mol. The van der Waals surface area contributed by atoms with Crippen molar-refractivity contribution in [3.8, 4) is 5.75 Å². The number of unbranched alkanes of at least 4 members (excludes halogenated alkanes) is 1. The second-order valence-corrected chi connectivity index (χ2v) is 4.68. The molecule has 5 heteroatoms. The number of aromatic nitrogens is 2. The Bertz CT molecular complexity index is 373. The summed E-state index contributed by atoms with van der Waals surface area (Å²) in [5.74, 6) is 1.36. The first kappa shape index (κ1) is 15.0. The van der Waals surface area contributed by atoms with Crippen LogP contribution in [-0.4, -0.2) is 29.7 Å². The molecule has 0 saturated carbocycles. The van der Waals surface area contributed by atoms with Crippen LogP contribution in [-0.2, 0) is 0 Å². The molecule has 0 radical (unpaired) electrons. The lowest BCUT2D eigenvalue weighted by molar-refractivity contribution is 0.408. The molecule has 0 spiro atoms. The standard InChI is InChI=1S/C13H22ClN3O/c1-5-7-8-17(10(3)6-2)13-11(18-4)12(14)15-9-16-13/h9-10H,5-8H2,1-4H3. The molecule has 0 bridgehead atoms. The van der Waals surface area contributed by atoms with Gasteiger partial charge in [0.1, 0.15) is 6.33 Å². The number of nitrogens with zero attached hydrogens (tertiary/aromatic N) is 3. The number of anilines is 1. The van der Waals surface area contributed by atoms with Crippen LogP contribution in [0.2, 0.25) is 5.15 Å². The van der Waals surface area contributed by atoms with Crippen LogP contribution in [0.15, 0.2) is 6.33 Å². The van der Waals surface area contributed by atoms with Crippen LogP contribution < -0.4 is 9.64 Å². The van der Waals surface area contributed by atoms with Crippen LogP contribution in [0, 0.1) is 0 Å². The van der Waals surface area contributed by atoms with E-state index in [2.05, 4.69) is 35.6 Å². The summed E-state index contributed by atoms with van der Waals surface area (Å²) in [6, 6.07) is 0.399. The van der Waals surface area contributed by atoms with Crippen LogP contribution in [0.3, 0.4) is 0 Å². The molecule has 0 saturated heterocycles. The average Bonchev–Trinajstić information content (AvgIpc) is 2.39. The van der Waals surface area contributed by atoms with Crippen LogP contribution >= 0.6 is 11.6 Å². The third-order valence-electron chi connectivity index (χ3n) is 3.09. The molecule has 1 aromatic rings. The van der Waals surface area contributed by atoms with Crippen molar-refractivity contribution in [1.82, 2.24) is 9.97 Å². The Balaban J connectivity index is 3.07. The van der Waals surface area contributed by atoms with Gasteiger partial charge in [-0.15, -0.1) is 0 Å². The lowest BCUT2D eigenvalue weighted by atomic mass is 10.2. The smallest absolute Gasteiger partial charge is 0.199 e. The maximum atomic E-state index is 6.05. The van der Waals surface area contributed by atoms with Gasteiger partial charge in [-0.1, -0.05) is 31.9 Å². The van der Waals surface area contributed by atoms with E-state index in [0.29, 0.717) is 16.9 Å². The third-order valence-corrected chi connectivity index (χ3v) is 3.36. The molecule has 0 aromatic carbocycles. The highest BCUT2D eigenvalue weighted by atomic mass is 35.5. The van der Waals surface area contributed by atoms with E-state index in [0.717, 1.165) is 31.6 Å². The quantitative estimate of drug-likeness (QED) is 0.711. The fourth-order valence-electron chi connectivity index (χ4n) is 1.81. The van der Waals surface area contributed by atoms with Gasteiger partial charge in [0, 0.05) is 12.6 Å². The molecule has 1 aromatic heterocycles. The zero-order valence-corrected chi connectivity index (χ0v) is 12.4. The summed E-state index contributed by atoms with van der Waals surface area (Å²) in [6.07, 6.45) is 4.80. The lowest BCUT2D eigenvalue weighted by Crippen LogP contribution is -2.34. The minimum absolute atomic E-state index is 0.368. The number of rotatable bonds is 7. The highest BCUT2D eigenvalue weighted by Gasteiger charge is 2.20. The molecular formula is C13H22ClN3O. The van der Waals surface area contributed by atoms with Crippen molar-refractivity contribution in [2.75, 3.05) is 18.6 Å². The van der Waals surface area contributed by atoms with E-state index in [1.165, 1.54) is 6.33 Å². The van der Waals surface area contributed by atoms with Crippen LogP contribution in [0.5, 0.6) is 5.75 Å². The van der Waals surface area contributed by atoms with Crippen molar-refractivity contribution < 1.29 is 4.74 Å². The molecule has 0 fully saturated rings. The minimum Gasteiger partial charge on any atom is -0.490 e. The van der Waals surface area contributed by atoms with Gasteiger partial charge in [0.2, 0.25) is 0 Å². The lowest BCUT2D eigenvalue weighted by Gasteiger charge is -2.30. The monoisotopic (exact) mass is 271 g/mol. The Labute approximate surface area is 114 Å². The summed E-state index contributed by atoms with van der Waals surface area (Å²) in [4.78, 5) is 10.5. The van der Waals surface area contributed by atoms with Gasteiger partial charge in [-0.3, -0.25) is 0 Å². The summed E-state index contributed by atoms with van der Waals surface area (Å²) in [6.45, 7) is 7.48. The van der Waals surface area contributed by atoms with E-state index in [-0.39, 0.29) is 0 Å². The van der Waals surface area contributed by atoms with Gasteiger partial charge >= 0.3 is 0 Å². The summed E-state index contributed by atoms with van der Waals surface area (Å²) < 4.78 is 5.33. The Morgan fingerprint density at radius 3 is 2.67 bits per heavy atom. The molecule has 0 aliphatic heterocycles. The van der Waals surface area contributed by atoms with Crippen LogP contribution in [0.25, 0.3) is 0 Å². The van der Waals surface area contributed by atoms with Crippen molar-refractivity contribution in [2.24, 2.45) is 0 Å². The third kappa shape index (κ3) is 3.48. The van der Waals surface area contributed by atoms with E-state index in [9.17, 15) is 0 Å². The SMILES string of the molecule is CCCCN(c1ncnc(Cl)c1OC)C(C)CC. The average molecular weight is 272 g/mol. The Kier molecular flexibility index (Phi) is 6.19. The second kappa shape index (κ2) is 7.41. The number of ether oxygens (including phenoxy) is 1. The number of hydrogen-bond acceptors (Lipinski definition) is 4. The first-order valence-electron chi connectivity index (χ1n) is 6.46. The molecule has 1 heterocycles. The molecule has 18 heavy (non-hydrogen) atoms. The molecule has 1 unspecified atom stereocenters. The molecule has 0 amide bonds. The van der Waals surface area contributed by atoms with Gasteiger partial charge in [-0.2, -0.15) is 0 Å². The summed E-state index contributed by atoms with van der Waals surface area (Å²) in [5.41, 5.74) is 0. The molecule has 0 aliphatic rings. The zero-order valence-electron chi connectivity index (χ0n) is 11.6. The molecule has 102 valence electrons. The van der Waals surface area contributed by atoms with Gasteiger partial charge in [0.25, 0.3) is 0 Å². The number of hydrogen-bond donors (Lipinski definition) is 0. The zero-order chi connectivity index (χ0) is 13.5. The maximum Gasteiger partial charge on any atom is 0.199 e. The van der Waals surface area contributed by atoms with Crippen molar-refractivity contribution in [3.05, 3.63) is 11.5 Å². The van der Waals surface area contributed by atoms with Crippen LogP contribution in [0.1, 0.15) is 40.0 Å². The van der Waals surface area contributed by atoms with Gasteiger partial charge in [0.15, 0.2) is 16.7 Å². The van der Waals surface area contributed by atoms with Crippen molar-refractivity contribution in [2.45, 2.75) is 46.1 Å². The largest absolute Gasteiger partial charge is 0.490 e. The van der Waals surface area contributed by atoms with E-state index in [1.54, 1.807) is 7.11 Å². The topological polar surface area (TPSA) is 38.2 Å². The van der Waals surface area contributed by atoms with Gasteiger partial charge in [-0.05, 0) is 19.8 Å². The fraction of sp³-hybridized carbons (Fsp3) is 0.692. The predicted octanol–water partition coefficient (Wildman–Crippen LogP) is 3.54. The maximum absolute atomic E-state index is 6.05. The minimum atomic E-state index is 0.368. The van der Waals surface area contributed by atoms with E-state index in [4.69, 9.17) is 16.3 Å². The first-order valence-corrected chi connectivity index (χ1v) is 6.84. The van der Waals surface area contributed by atoms with Crippen molar-refractivity contribution in [3.63, 3.8) is 0 Å². The molecule has 1 rings (SSSR count). The van der Waals surface area contributed by atoms with Crippen molar-refractivity contribution in [1.29, 1.82) is 0 Å². The Morgan fingerprint density at radius 1 is 1.39 bits per heavy atom. The van der Waals surface area contributed by atoms with Gasteiger partial charge in [0.05, 0.1) is 7.11 Å². The number of halogens is 1. The van der Waals surface area contributed by atoms with E-state index >= 15 is 0 Å². The van der Waals surface area contributed by atoms with Crippen molar-refractivity contribution >= 4 is 17.4 Å². The normalized spacial score (nSPS) is 12.3. The highest BCUT2D eigenvalue weighted by Crippen LogP contribution is 2.33. The van der Waals surface area contributed by atoms with Gasteiger partial charge < -0.3 is 9.64 Å². The molecular weight excluding hydrogens is 250 g/mol. The summed E-state index contributed by atoms with van der Waals surface area (Å²) in [7, 11) is 1.60. The Hall–Kier alpha value is -1.03. The fourth-order valence-corrected chi connectivity index (χ4v) is 2.01. The summed E-state index contributed by atoms with van der Waals surface area (Å²) in [5, 5.41) is 0.368. The highest BCUT2D eigenvalue weighted by molar-refractivity contribution is 6.31. The number of methoxy groups -OCH3 is 1. The first-order chi connectivity index (χ1) is 8.65. The van der Waals surface area contributed by atoms with Gasteiger partial charge in [-0.25, -0.2) is 9.97 Å². The Morgan fingerprint density at radius 2 is 2.11 bits per heavy atom. The second-order valence-electron chi connectivity index (χ2n) is 4.33. The van der Waals surface area contributed by atoms with E-state index in [1.807, 2.05) is 0 Å². The molecule has 4 nitrogen and oxygen atoms in total. The van der Waals surface area contributed by atoms with Crippen LogP contribution in [0.4, 0.5) is 5.82 Å². The molecule has 0 aliphatic carbocycles. The summed E-state index contributed by atoms with van der Waals surface area (Å²) >= 11 is 6.05.